The van der Waals surface area contributed by atoms with Crippen molar-refractivity contribution in [3.8, 4) is 0 Å². The highest BCUT2D eigenvalue weighted by Gasteiger charge is 2.17. The van der Waals surface area contributed by atoms with Gasteiger partial charge in [0, 0.05) is 20.1 Å². The summed E-state index contributed by atoms with van der Waals surface area (Å²) in [6.07, 6.45) is 0.742. The molecule has 16 heavy (non-hydrogen) atoms. The van der Waals surface area contributed by atoms with Crippen molar-refractivity contribution < 1.29 is 5.11 Å². The van der Waals surface area contributed by atoms with Crippen LogP contribution in [0.15, 0.2) is 4.47 Å². The second-order valence-electron chi connectivity index (χ2n) is 4.42. The zero-order chi connectivity index (χ0) is 12.3. The van der Waals surface area contributed by atoms with Crippen LogP contribution in [0.4, 0.5) is 0 Å². The van der Waals surface area contributed by atoms with Crippen LogP contribution >= 0.6 is 15.9 Å². The second-order valence-corrected chi connectivity index (χ2v) is 5.22. The van der Waals surface area contributed by atoms with Gasteiger partial charge < -0.3 is 10.4 Å². The Morgan fingerprint density at radius 2 is 2.19 bits per heavy atom. The standard InChI is InChI=1S/C11H20BrN3O/c1-5-11(3,16)7-13-6-9-10(12)8(2)14-15(9)4/h13,16H,5-7H2,1-4H3. The van der Waals surface area contributed by atoms with E-state index in [0.717, 1.165) is 22.3 Å². The van der Waals surface area contributed by atoms with Crippen LogP contribution in [0.1, 0.15) is 31.7 Å². The topological polar surface area (TPSA) is 50.1 Å². The quantitative estimate of drug-likeness (QED) is 0.868. The summed E-state index contributed by atoms with van der Waals surface area (Å²) in [5.41, 5.74) is 1.45. The minimum Gasteiger partial charge on any atom is -0.389 e. The van der Waals surface area contributed by atoms with Gasteiger partial charge in [0.25, 0.3) is 0 Å². The highest BCUT2D eigenvalue weighted by Crippen LogP contribution is 2.20. The molecule has 0 aliphatic rings. The molecule has 0 aliphatic heterocycles. The molecule has 92 valence electrons. The van der Waals surface area contributed by atoms with Crippen molar-refractivity contribution in [2.24, 2.45) is 7.05 Å². The van der Waals surface area contributed by atoms with Crippen molar-refractivity contribution in [2.75, 3.05) is 6.54 Å². The van der Waals surface area contributed by atoms with E-state index >= 15 is 0 Å². The molecule has 2 N–H and O–H groups in total. The molecule has 0 saturated heterocycles. The second kappa shape index (κ2) is 5.29. The lowest BCUT2D eigenvalue weighted by Gasteiger charge is -2.21. The van der Waals surface area contributed by atoms with E-state index in [1.807, 2.05) is 32.5 Å². The summed E-state index contributed by atoms with van der Waals surface area (Å²) in [6.45, 7) is 7.07. The average Bonchev–Trinajstić information content (AvgIpc) is 2.44. The smallest absolute Gasteiger partial charge is 0.0741 e. The number of hydrogen-bond donors (Lipinski definition) is 2. The third-order valence-electron chi connectivity index (χ3n) is 2.82. The first-order valence-corrected chi connectivity index (χ1v) is 6.27. The van der Waals surface area contributed by atoms with Crippen molar-refractivity contribution in [1.29, 1.82) is 0 Å². The van der Waals surface area contributed by atoms with Crippen LogP contribution in [0.3, 0.4) is 0 Å². The molecule has 1 atom stereocenters. The van der Waals surface area contributed by atoms with E-state index in [4.69, 9.17) is 0 Å². The fourth-order valence-corrected chi connectivity index (χ4v) is 1.92. The number of halogens is 1. The molecule has 0 aromatic carbocycles. The summed E-state index contributed by atoms with van der Waals surface area (Å²) in [6, 6.07) is 0. The summed E-state index contributed by atoms with van der Waals surface area (Å²) >= 11 is 3.51. The van der Waals surface area contributed by atoms with Gasteiger partial charge in [0.2, 0.25) is 0 Å². The van der Waals surface area contributed by atoms with Gasteiger partial charge in [-0.25, -0.2) is 0 Å². The molecule has 1 unspecified atom stereocenters. The van der Waals surface area contributed by atoms with E-state index in [2.05, 4.69) is 26.3 Å². The fraction of sp³-hybridized carbons (Fsp3) is 0.727. The van der Waals surface area contributed by atoms with Crippen LogP contribution in [0.5, 0.6) is 0 Å². The molecule has 4 nitrogen and oxygen atoms in total. The molecule has 1 aromatic rings. The minimum atomic E-state index is -0.639. The maximum absolute atomic E-state index is 9.85. The summed E-state index contributed by atoms with van der Waals surface area (Å²) in [5, 5.41) is 17.4. The fourth-order valence-electron chi connectivity index (χ4n) is 1.45. The Hall–Kier alpha value is -0.390. The Bertz CT molecular complexity index is 360. The van der Waals surface area contributed by atoms with Crippen molar-refractivity contribution in [3.05, 3.63) is 15.9 Å². The molecule has 0 aliphatic carbocycles. The third-order valence-corrected chi connectivity index (χ3v) is 3.85. The molecular formula is C11H20BrN3O. The zero-order valence-electron chi connectivity index (χ0n) is 10.3. The first kappa shape index (κ1) is 13.7. The lowest BCUT2D eigenvalue weighted by atomic mass is 10.0. The summed E-state index contributed by atoms with van der Waals surface area (Å²) in [5.74, 6) is 0. The first-order chi connectivity index (χ1) is 7.37. The molecule has 0 radical (unpaired) electrons. The normalized spacial score (nSPS) is 15.1. The molecule has 0 saturated carbocycles. The maximum Gasteiger partial charge on any atom is 0.0741 e. The molecule has 1 heterocycles. The lowest BCUT2D eigenvalue weighted by molar-refractivity contribution is 0.0554. The van der Waals surface area contributed by atoms with Crippen molar-refractivity contribution >= 4 is 15.9 Å². The highest BCUT2D eigenvalue weighted by molar-refractivity contribution is 9.10. The number of rotatable bonds is 5. The molecule has 0 fully saturated rings. The van der Waals surface area contributed by atoms with Crippen molar-refractivity contribution in [3.63, 3.8) is 0 Å². The van der Waals surface area contributed by atoms with Gasteiger partial charge in [-0.05, 0) is 36.2 Å². The molecule has 5 heteroatoms. The SMILES string of the molecule is CCC(C)(O)CNCc1c(Br)c(C)nn1C. The number of aromatic nitrogens is 2. The van der Waals surface area contributed by atoms with Gasteiger partial charge in [-0.2, -0.15) is 5.10 Å². The molecule has 0 amide bonds. The molecule has 0 bridgehead atoms. The summed E-state index contributed by atoms with van der Waals surface area (Å²) in [7, 11) is 1.92. The molecule has 1 rings (SSSR count). The van der Waals surface area contributed by atoms with Gasteiger partial charge in [-0.1, -0.05) is 6.92 Å². The number of hydrogen-bond acceptors (Lipinski definition) is 3. The van der Waals surface area contributed by atoms with Crippen LogP contribution in [0, 0.1) is 6.92 Å². The first-order valence-electron chi connectivity index (χ1n) is 5.48. The molecule has 1 aromatic heterocycles. The molecular weight excluding hydrogens is 270 g/mol. The Balaban J connectivity index is 2.55. The molecule has 0 spiro atoms. The van der Waals surface area contributed by atoms with Gasteiger partial charge in [0.15, 0.2) is 0 Å². The van der Waals surface area contributed by atoms with Crippen molar-refractivity contribution in [2.45, 2.75) is 39.3 Å². The predicted octanol–water partition coefficient (Wildman–Crippen LogP) is 1.74. The van der Waals surface area contributed by atoms with Crippen LogP contribution in [0.25, 0.3) is 0 Å². The lowest BCUT2D eigenvalue weighted by Crippen LogP contribution is -2.37. The number of nitrogens with zero attached hydrogens (tertiary/aromatic N) is 2. The van der Waals surface area contributed by atoms with Gasteiger partial charge in [-0.3, -0.25) is 4.68 Å². The van der Waals surface area contributed by atoms with Crippen LogP contribution < -0.4 is 5.32 Å². The van der Waals surface area contributed by atoms with Crippen molar-refractivity contribution in [1.82, 2.24) is 15.1 Å². The Kier molecular flexibility index (Phi) is 4.52. The zero-order valence-corrected chi connectivity index (χ0v) is 11.9. The van der Waals surface area contributed by atoms with E-state index in [1.54, 1.807) is 0 Å². The van der Waals surface area contributed by atoms with Crippen LogP contribution in [0.2, 0.25) is 0 Å². The summed E-state index contributed by atoms with van der Waals surface area (Å²) < 4.78 is 2.89. The van der Waals surface area contributed by atoms with Crippen LogP contribution in [-0.2, 0) is 13.6 Å². The third kappa shape index (κ3) is 3.30. The maximum atomic E-state index is 9.85. The largest absolute Gasteiger partial charge is 0.389 e. The van der Waals surface area contributed by atoms with E-state index in [0.29, 0.717) is 13.1 Å². The Labute approximate surface area is 105 Å². The predicted molar refractivity (Wildman–Crippen MR) is 68.3 cm³/mol. The number of aryl methyl sites for hydroxylation is 2. The Morgan fingerprint density at radius 1 is 1.56 bits per heavy atom. The van der Waals surface area contributed by atoms with Gasteiger partial charge in [0.1, 0.15) is 0 Å². The van der Waals surface area contributed by atoms with Gasteiger partial charge in [0.05, 0.1) is 21.5 Å². The van der Waals surface area contributed by atoms with E-state index < -0.39 is 5.60 Å². The minimum absolute atomic E-state index is 0.583. The van der Waals surface area contributed by atoms with E-state index in [-0.39, 0.29) is 0 Å². The van der Waals surface area contributed by atoms with Gasteiger partial charge in [-0.15, -0.1) is 0 Å². The van der Waals surface area contributed by atoms with E-state index in [9.17, 15) is 5.11 Å². The number of nitrogens with one attached hydrogen (secondary N) is 1. The average molecular weight is 290 g/mol. The van der Waals surface area contributed by atoms with Gasteiger partial charge >= 0.3 is 0 Å². The highest BCUT2D eigenvalue weighted by atomic mass is 79.9. The van der Waals surface area contributed by atoms with E-state index in [1.165, 1.54) is 0 Å². The monoisotopic (exact) mass is 289 g/mol. The Morgan fingerprint density at radius 3 is 2.62 bits per heavy atom. The number of aliphatic hydroxyl groups is 1. The summed E-state index contributed by atoms with van der Waals surface area (Å²) in [4.78, 5) is 0. The van der Waals surface area contributed by atoms with Crippen LogP contribution in [-0.4, -0.2) is 27.0 Å².